The normalized spacial score (nSPS) is 17.3. The molecule has 0 bridgehead atoms. The molecule has 35 heavy (non-hydrogen) atoms. The molecule has 3 aromatic carbocycles. The fraction of sp³-hybridized carbons (Fsp3) is 0.185. The summed E-state index contributed by atoms with van der Waals surface area (Å²) in [6, 6.07) is 10.8. The lowest BCUT2D eigenvalue weighted by Gasteiger charge is -2.26. The summed E-state index contributed by atoms with van der Waals surface area (Å²) >= 11 is 0. The van der Waals surface area contributed by atoms with E-state index < -0.39 is 46.6 Å². The molecular weight excluding hydrogens is 459 g/mol. The third kappa shape index (κ3) is 4.27. The topological polar surface area (TPSA) is 66.8 Å². The summed E-state index contributed by atoms with van der Waals surface area (Å²) in [5.74, 6) is -4.47. The molecule has 0 saturated carbocycles. The molecule has 180 valence electrons. The number of Topliss-reactive ketones (excluding diaryl/α,β-unsaturated/α-hetero) is 1. The van der Waals surface area contributed by atoms with Crippen molar-refractivity contribution in [1.29, 1.82) is 0 Å². The van der Waals surface area contributed by atoms with Crippen LogP contribution in [0.2, 0.25) is 0 Å². The van der Waals surface area contributed by atoms with Gasteiger partial charge < -0.3 is 9.84 Å². The number of carbonyl (C=O) groups excluding carboxylic acids is 2. The van der Waals surface area contributed by atoms with E-state index in [2.05, 4.69) is 0 Å². The van der Waals surface area contributed by atoms with Crippen molar-refractivity contribution in [3.05, 3.63) is 100 Å². The highest BCUT2D eigenvalue weighted by Crippen LogP contribution is 2.43. The number of ether oxygens (including phenoxy) is 1. The van der Waals surface area contributed by atoms with E-state index in [1.54, 1.807) is 12.1 Å². The van der Waals surface area contributed by atoms with Crippen molar-refractivity contribution in [2.75, 3.05) is 12.0 Å². The highest BCUT2D eigenvalue weighted by atomic mass is 19.1. The number of benzene rings is 3. The second-order valence-corrected chi connectivity index (χ2v) is 8.43. The number of nitrogens with zero attached hydrogens (tertiary/aromatic N) is 1. The van der Waals surface area contributed by atoms with Crippen LogP contribution in [0.25, 0.3) is 5.76 Å². The van der Waals surface area contributed by atoms with Gasteiger partial charge in [-0.15, -0.1) is 0 Å². The number of ketones is 1. The number of anilines is 1. The van der Waals surface area contributed by atoms with Crippen LogP contribution in [0.4, 0.5) is 18.9 Å². The maximum absolute atomic E-state index is 14.7. The van der Waals surface area contributed by atoms with Gasteiger partial charge in [0.05, 0.1) is 24.4 Å². The van der Waals surface area contributed by atoms with Crippen molar-refractivity contribution in [2.45, 2.75) is 25.8 Å². The number of aliphatic hydroxyl groups excluding tert-OH is 1. The van der Waals surface area contributed by atoms with E-state index in [4.69, 9.17) is 4.74 Å². The Labute approximate surface area is 200 Å². The van der Waals surface area contributed by atoms with E-state index in [1.807, 2.05) is 13.8 Å². The van der Waals surface area contributed by atoms with Crippen LogP contribution in [-0.4, -0.2) is 23.9 Å². The number of rotatable bonds is 5. The minimum absolute atomic E-state index is 0.00870. The number of amides is 1. The zero-order valence-corrected chi connectivity index (χ0v) is 19.2. The van der Waals surface area contributed by atoms with Gasteiger partial charge in [-0.2, -0.15) is 0 Å². The smallest absolute Gasteiger partial charge is 0.300 e. The lowest BCUT2D eigenvalue weighted by atomic mass is 9.93. The maximum atomic E-state index is 14.7. The number of carbonyl (C=O) groups is 2. The van der Waals surface area contributed by atoms with Gasteiger partial charge in [-0.05, 0) is 59.5 Å². The maximum Gasteiger partial charge on any atom is 0.300 e. The largest absolute Gasteiger partial charge is 0.507 e. The van der Waals surface area contributed by atoms with Crippen LogP contribution in [-0.2, 0) is 9.59 Å². The molecule has 5 nitrogen and oxygen atoms in total. The molecular formula is C27H22F3NO4. The molecule has 1 unspecified atom stereocenters. The van der Waals surface area contributed by atoms with Crippen LogP contribution >= 0.6 is 0 Å². The number of hydrogen-bond acceptors (Lipinski definition) is 4. The molecule has 8 heteroatoms. The second kappa shape index (κ2) is 9.29. The minimum Gasteiger partial charge on any atom is -0.507 e. The van der Waals surface area contributed by atoms with Gasteiger partial charge in [-0.25, -0.2) is 13.2 Å². The summed E-state index contributed by atoms with van der Waals surface area (Å²) in [5.41, 5.74) is 0.413. The number of methoxy groups -OCH3 is 1. The average molecular weight is 481 g/mol. The van der Waals surface area contributed by atoms with Crippen LogP contribution in [0.3, 0.4) is 0 Å². The van der Waals surface area contributed by atoms with Gasteiger partial charge in [-0.1, -0.05) is 26.0 Å². The molecule has 4 rings (SSSR count). The number of halogens is 3. The van der Waals surface area contributed by atoms with Crippen molar-refractivity contribution in [3.63, 3.8) is 0 Å². The second-order valence-electron chi connectivity index (χ2n) is 8.43. The van der Waals surface area contributed by atoms with E-state index in [9.17, 15) is 27.9 Å². The SMILES string of the molecule is COc1ccc(/C(O)=C2/C(=O)C(=O)N(c3cc(F)ccc3F)C2c2ccc(F)cc2)cc1C(C)C. The van der Waals surface area contributed by atoms with Gasteiger partial charge in [0, 0.05) is 11.6 Å². The highest BCUT2D eigenvalue weighted by Gasteiger charge is 2.47. The first kappa shape index (κ1) is 24.1. The average Bonchev–Trinajstić information content (AvgIpc) is 3.10. The first-order valence-corrected chi connectivity index (χ1v) is 10.8. The zero-order valence-electron chi connectivity index (χ0n) is 19.2. The van der Waals surface area contributed by atoms with E-state index >= 15 is 0 Å². The van der Waals surface area contributed by atoms with E-state index in [0.717, 1.165) is 40.8 Å². The van der Waals surface area contributed by atoms with Crippen LogP contribution in [0.1, 0.15) is 42.5 Å². The summed E-state index contributed by atoms with van der Waals surface area (Å²) in [7, 11) is 1.51. The summed E-state index contributed by atoms with van der Waals surface area (Å²) in [6.07, 6.45) is 0. The Morgan fingerprint density at radius 2 is 1.60 bits per heavy atom. The minimum atomic E-state index is -1.32. The Bertz CT molecular complexity index is 1350. The molecule has 0 spiro atoms. The third-order valence-corrected chi connectivity index (χ3v) is 5.92. The summed E-state index contributed by atoms with van der Waals surface area (Å²) in [6.45, 7) is 3.84. The lowest BCUT2D eigenvalue weighted by molar-refractivity contribution is -0.132. The summed E-state index contributed by atoms with van der Waals surface area (Å²) in [5, 5.41) is 11.3. The lowest BCUT2D eigenvalue weighted by Crippen LogP contribution is -2.30. The van der Waals surface area contributed by atoms with Crippen LogP contribution in [0, 0.1) is 17.5 Å². The highest BCUT2D eigenvalue weighted by molar-refractivity contribution is 6.51. The molecule has 0 aromatic heterocycles. The van der Waals surface area contributed by atoms with Crippen LogP contribution in [0.15, 0.2) is 66.2 Å². The van der Waals surface area contributed by atoms with Crippen LogP contribution < -0.4 is 9.64 Å². The summed E-state index contributed by atoms with van der Waals surface area (Å²) in [4.78, 5) is 27.0. The predicted molar refractivity (Wildman–Crippen MR) is 125 cm³/mol. The Balaban J connectivity index is 1.97. The number of aliphatic hydroxyl groups is 1. The molecule has 0 radical (unpaired) electrons. The molecule has 1 amide bonds. The molecule has 1 fully saturated rings. The molecule has 1 saturated heterocycles. The quantitative estimate of drug-likeness (QED) is 0.282. The first-order valence-electron chi connectivity index (χ1n) is 10.8. The third-order valence-electron chi connectivity index (χ3n) is 5.92. The Kier molecular flexibility index (Phi) is 6.39. The van der Waals surface area contributed by atoms with Gasteiger partial charge in [0.15, 0.2) is 0 Å². The van der Waals surface area contributed by atoms with E-state index in [1.165, 1.54) is 25.3 Å². The molecule has 0 aliphatic carbocycles. The molecule has 1 atom stereocenters. The van der Waals surface area contributed by atoms with Gasteiger partial charge >= 0.3 is 0 Å². The molecule has 1 aliphatic heterocycles. The van der Waals surface area contributed by atoms with E-state index in [-0.39, 0.29) is 22.6 Å². The van der Waals surface area contributed by atoms with Crippen molar-refractivity contribution < 1.29 is 32.6 Å². The molecule has 1 heterocycles. The Morgan fingerprint density at radius 3 is 2.23 bits per heavy atom. The van der Waals surface area contributed by atoms with Crippen molar-refractivity contribution in [1.82, 2.24) is 0 Å². The fourth-order valence-electron chi connectivity index (χ4n) is 4.20. The predicted octanol–water partition coefficient (Wildman–Crippen LogP) is 5.86. The van der Waals surface area contributed by atoms with Crippen molar-refractivity contribution in [2.24, 2.45) is 0 Å². The monoisotopic (exact) mass is 481 g/mol. The number of hydrogen-bond donors (Lipinski definition) is 1. The molecule has 3 aromatic rings. The van der Waals surface area contributed by atoms with Gasteiger partial charge in [0.25, 0.3) is 11.7 Å². The van der Waals surface area contributed by atoms with Crippen LogP contribution in [0.5, 0.6) is 5.75 Å². The van der Waals surface area contributed by atoms with Crippen molar-refractivity contribution in [3.8, 4) is 5.75 Å². The van der Waals surface area contributed by atoms with Gasteiger partial charge in [0.1, 0.15) is 29.0 Å². The van der Waals surface area contributed by atoms with Gasteiger partial charge in [0.2, 0.25) is 0 Å². The fourth-order valence-corrected chi connectivity index (χ4v) is 4.20. The first-order chi connectivity index (χ1) is 16.6. The summed E-state index contributed by atoms with van der Waals surface area (Å²) < 4.78 is 47.7. The Morgan fingerprint density at radius 1 is 0.943 bits per heavy atom. The molecule has 1 aliphatic rings. The standard InChI is InChI=1S/C27H22F3NO4/c1-14(2)19-12-16(6-11-22(19)35-3)25(32)23-24(15-4-7-17(28)8-5-15)31(27(34)26(23)33)21-13-18(29)9-10-20(21)30/h4-14,24,32H,1-3H3/b25-23-. The van der Waals surface area contributed by atoms with E-state index in [0.29, 0.717) is 5.75 Å². The Hall–Kier alpha value is -4.07. The van der Waals surface area contributed by atoms with Gasteiger partial charge in [-0.3, -0.25) is 14.5 Å². The zero-order chi connectivity index (χ0) is 25.4. The molecule has 1 N–H and O–H groups in total. The van der Waals surface area contributed by atoms with Crippen molar-refractivity contribution >= 4 is 23.1 Å².